The summed E-state index contributed by atoms with van der Waals surface area (Å²) < 4.78 is 0. The van der Waals surface area contributed by atoms with E-state index >= 15 is 0 Å². The number of aryl methyl sites for hydroxylation is 2. The highest BCUT2D eigenvalue weighted by molar-refractivity contribution is 5.94. The van der Waals surface area contributed by atoms with Crippen molar-refractivity contribution in [1.82, 2.24) is 15.2 Å². The molecule has 0 unspecified atom stereocenters. The Morgan fingerprint density at radius 2 is 1.62 bits per heavy atom. The Balaban J connectivity index is 1.58. The van der Waals surface area contributed by atoms with Crippen LogP contribution in [0.2, 0.25) is 0 Å². The molecular weight excluding hydrogens is 294 g/mol. The topological polar surface area (TPSA) is 41.6 Å². The number of benzene rings is 2. The molecular formula is C21H19N3. The average Bonchev–Trinajstić information content (AvgIpc) is 3.10. The summed E-state index contributed by atoms with van der Waals surface area (Å²) in [6.45, 7) is 0. The molecule has 0 amide bonds. The van der Waals surface area contributed by atoms with Crippen LogP contribution < -0.4 is 0 Å². The molecule has 0 spiro atoms. The Kier molecular flexibility index (Phi) is 4.07. The summed E-state index contributed by atoms with van der Waals surface area (Å²) in [5.41, 5.74) is 5.98. The van der Waals surface area contributed by atoms with E-state index in [0.717, 1.165) is 24.8 Å². The SMILES string of the molecule is c1ccc(CCCc2[nH]ncc2-c2ccnc3ccccc23)cc1. The van der Waals surface area contributed by atoms with Crippen molar-refractivity contribution in [3.63, 3.8) is 0 Å². The standard InChI is InChI=1S/C21H19N3/c1-2-7-16(8-3-1)9-6-12-21-19(15-23-24-21)17-13-14-22-20-11-5-4-10-18(17)20/h1-5,7-8,10-11,13-15H,6,9,12H2,(H,23,24). The van der Waals surface area contributed by atoms with Crippen LogP contribution in [0.15, 0.2) is 73.1 Å². The van der Waals surface area contributed by atoms with Gasteiger partial charge in [-0.25, -0.2) is 0 Å². The molecule has 0 saturated carbocycles. The van der Waals surface area contributed by atoms with E-state index in [2.05, 4.69) is 63.7 Å². The first-order chi connectivity index (χ1) is 11.9. The predicted molar refractivity (Wildman–Crippen MR) is 97.8 cm³/mol. The van der Waals surface area contributed by atoms with Crippen molar-refractivity contribution >= 4 is 10.9 Å². The summed E-state index contributed by atoms with van der Waals surface area (Å²) in [6, 6.07) is 21.0. The fraction of sp³-hybridized carbons (Fsp3) is 0.143. The normalized spacial score (nSPS) is 11.0. The lowest BCUT2D eigenvalue weighted by molar-refractivity contribution is 0.794. The van der Waals surface area contributed by atoms with Crippen molar-refractivity contribution < 1.29 is 0 Å². The van der Waals surface area contributed by atoms with E-state index in [0.29, 0.717) is 0 Å². The minimum atomic E-state index is 0.987. The molecule has 0 aliphatic carbocycles. The molecule has 0 bridgehead atoms. The summed E-state index contributed by atoms with van der Waals surface area (Å²) in [7, 11) is 0. The number of aromatic nitrogens is 3. The van der Waals surface area contributed by atoms with Gasteiger partial charge in [0.05, 0.1) is 11.7 Å². The number of nitrogens with zero attached hydrogens (tertiary/aromatic N) is 2. The van der Waals surface area contributed by atoms with Gasteiger partial charge in [0.25, 0.3) is 0 Å². The minimum Gasteiger partial charge on any atom is -0.282 e. The Labute approximate surface area is 141 Å². The van der Waals surface area contributed by atoms with Gasteiger partial charge in [0.15, 0.2) is 0 Å². The third-order valence-electron chi connectivity index (χ3n) is 4.39. The maximum Gasteiger partial charge on any atom is 0.0708 e. The largest absolute Gasteiger partial charge is 0.282 e. The van der Waals surface area contributed by atoms with E-state index in [1.54, 1.807) is 0 Å². The van der Waals surface area contributed by atoms with E-state index in [1.165, 1.54) is 27.8 Å². The second-order valence-corrected chi connectivity index (χ2v) is 5.98. The number of aromatic amines is 1. The summed E-state index contributed by atoms with van der Waals surface area (Å²) in [5.74, 6) is 0. The molecule has 4 aromatic rings. The molecule has 2 heterocycles. The van der Waals surface area contributed by atoms with Crippen LogP contribution in [0.25, 0.3) is 22.0 Å². The molecule has 0 aliphatic heterocycles. The first-order valence-corrected chi connectivity index (χ1v) is 8.32. The van der Waals surface area contributed by atoms with Gasteiger partial charge >= 0.3 is 0 Å². The molecule has 2 aromatic carbocycles. The molecule has 2 aromatic heterocycles. The molecule has 3 heteroatoms. The Bertz CT molecular complexity index is 936. The monoisotopic (exact) mass is 313 g/mol. The molecule has 4 rings (SSSR count). The first kappa shape index (κ1) is 14.6. The van der Waals surface area contributed by atoms with Gasteiger partial charge in [-0.15, -0.1) is 0 Å². The first-order valence-electron chi connectivity index (χ1n) is 8.32. The highest BCUT2D eigenvalue weighted by atomic mass is 15.1. The molecule has 0 fully saturated rings. The molecule has 0 saturated heterocycles. The van der Waals surface area contributed by atoms with E-state index in [9.17, 15) is 0 Å². The quantitative estimate of drug-likeness (QED) is 0.575. The summed E-state index contributed by atoms with van der Waals surface area (Å²) in [5, 5.41) is 8.64. The second-order valence-electron chi connectivity index (χ2n) is 5.98. The van der Waals surface area contributed by atoms with Gasteiger partial charge in [-0.1, -0.05) is 48.5 Å². The van der Waals surface area contributed by atoms with Crippen molar-refractivity contribution in [1.29, 1.82) is 0 Å². The van der Waals surface area contributed by atoms with Crippen LogP contribution in [0.1, 0.15) is 17.7 Å². The third-order valence-corrected chi connectivity index (χ3v) is 4.39. The van der Waals surface area contributed by atoms with Crippen LogP contribution >= 0.6 is 0 Å². The minimum absolute atomic E-state index is 0.987. The molecule has 0 radical (unpaired) electrons. The van der Waals surface area contributed by atoms with Crippen LogP contribution in [-0.4, -0.2) is 15.2 Å². The number of rotatable bonds is 5. The zero-order valence-corrected chi connectivity index (χ0v) is 13.4. The zero-order valence-electron chi connectivity index (χ0n) is 13.4. The number of para-hydroxylation sites is 1. The van der Waals surface area contributed by atoms with E-state index in [-0.39, 0.29) is 0 Å². The Hall–Kier alpha value is -2.94. The van der Waals surface area contributed by atoms with Gasteiger partial charge in [-0.05, 0) is 42.5 Å². The number of H-pyrrole nitrogens is 1. The molecule has 0 aliphatic rings. The van der Waals surface area contributed by atoms with E-state index in [4.69, 9.17) is 0 Å². The zero-order chi connectivity index (χ0) is 16.2. The van der Waals surface area contributed by atoms with E-state index in [1.807, 2.05) is 24.5 Å². The van der Waals surface area contributed by atoms with Crippen molar-refractivity contribution in [3.8, 4) is 11.1 Å². The van der Waals surface area contributed by atoms with Gasteiger partial charge in [0, 0.05) is 22.8 Å². The fourth-order valence-electron chi connectivity index (χ4n) is 3.18. The highest BCUT2D eigenvalue weighted by Gasteiger charge is 2.11. The Morgan fingerprint density at radius 3 is 2.54 bits per heavy atom. The summed E-state index contributed by atoms with van der Waals surface area (Å²) >= 11 is 0. The van der Waals surface area contributed by atoms with Crippen LogP contribution in [-0.2, 0) is 12.8 Å². The van der Waals surface area contributed by atoms with Crippen LogP contribution in [0, 0.1) is 0 Å². The molecule has 24 heavy (non-hydrogen) atoms. The molecule has 118 valence electrons. The van der Waals surface area contributed by atoms with Crippen molar-refractivity contribution in [2.24, 2.45) is 0 Å². The summed E-state index contributed by atoms with van der Waals surface area (Å²) in [6.07, 6.45) is 6.97. The van der Waals surface area contributed by atoms with Gasteiger partial charge in [-0.3, -0.25) is 10.1 Å². The smallest absolute Gasteiger partial charge is 0.0708 e. The predicted octanol–water partition coefficient (Wildman–Crippen LogP) is 4.80. The van der Waals surface area contributed by atoms with Crippen LogP contribution in [0.4, 0.5) is 0 Å². The van der Waals surface area contributed by atoms with E-state index < -0.39 is 0 Å². The Morgan fingerprint density at radius 1 is 0.792 bits per heavy atom. The van der Waals surface area contributed by atoms with Crippen LogP contribution in [0.3, 0.4) is 0 Å². The number of pyridine rings is 1. The van der Waals surface area contributed by atoms with Crippen molar-refractivity contribution in [3.05, 3.63) is 84.3 Å². The molecule has 3 nitrogen and oxygen atoms in total. The van der Waals surface area contributed by atoms with Crippen LogP contribution in [0.5, 0.6) is 0 Å². The number of hydrogen-bond acceptors (Lipinski definition) is 2. The number of nitrogens with one attached hydrogen (secondary N) is 1. The van der Waals surface area contributed by atoms with Gasteiger partial charge in [0.1, 0.15) is 0 Å². The van der Waals surface area contributed by atoms with Crippen molar-refractivity contribution in [2.75, 3.05) is 0 Å². The highest BCUT2D eigenvalue weighted by Crippen LogP contribution is 2.29. The number of fused-ring (bicyclic) bond motifs is 1. The maximum absolute atomic E-state index is 4.45. The lowest BCUT2D eigenvalue weighted by atomic mass is 9.99. The lowest BCUT2D eigenvalue weighted by Crippen LogP contribution is -1.93. The second kappa shape index (κ2) is 6.67. The molecule has 0 atom stereocenters. The van der Waals surface area contributed by atoms with Gasteiger partial charge < -0.3 is 0 Å². The molecule has 1 N–H and O–H groups in total. The maximum atomic E-state index is 4.45. The third kappa shape index (κ3) is 2.93. The van der Waals surface area contributed by atoms with Gasteiger partial charge in [0.2, 0.25) is 0 Å². The lowest BCUT2D eigenvalue weighted by Gasteiger charge is -2.07. The fourth-order valence-corrected chi connectivity index (χ4v) is 3.18. The summed E-state index contributed by atoms with van der Waals surface area (Å²) in [4.78, 5) is 4.45. The van der Waals surface area contributed by atoms with Gasteiger partial charge in [-0.2, -0.15) is 5.10 Å². The van der Waals surface area contributed by atoms with Crippen molar-refractivity contribution in [2.45, 2.75) is 19.3 Å². The average molecular weight is 313 g/mol. The number of hydrogen-bond donors (Lipinski definition) is 1.